The average molecular weight is 480 g/mol. The first-order valence-electron chi connectivity index (χ1n) is 11.1. The van der Waals surface area contributed by atoms with E-state index in [-0.39, 0.29) is 35.0 Å². The maximum atomic E-state index is 15.3. The zero-order valence-corrected chi connectivity index (χ0v) is 19.3. The zero-order chi connectivity index (χ0) is 24.3. The normalized spacial score (nSPS) is 19.1. The van der Waals surface area contributed by atoms with Crippen molar-refractivity contribution in [3.05, 3.63) is 42.4 Å². The molecule has 0 N–H and O–H groups in total. The standard InChI is InChI=1S/C24H22F2N6O3/c1-31-9-13(8-28-31)23-27-7-12-4-16(19-20(25)17(33-2)6-18(34-3)21(19)26)29-24(22(12)30-23)32-10-14-5-15(11-32)35-14/h4,6-9,14-15H,5,10-11H2,1-3H3. The van der Waals surface area contributed by atoms with Gasteiger partial charge in [0.15, 0.2) is 34.8 Å². The van der Waals surface area contributed by atoms with Gasteiger partial charge in [0, 0.05) is 50.4 Å². The number of halogens is 2. The van der Waals surface area contributed by atoms with Crippen LogP contribution < -0.4 is 14.4 Å². The van der Waals surface area contributed by atoms with Gasteiger partial charge in [-0.2, -0.15) is 5.10 Å². The number of nitrogens with zero attached hydrogens (tertiary/aromatic N) is 6. The van der Waals surface area contributed by atoms with Crippen molar-refractivity contribution >= 4 is 16.7 Å². The molecule has 4 aromatic rings. The predicted molar refractivity (Wildman–Crippen MR) is 123 cm³/mol. The highest BCUT2D eigenvalue weighted by molar-refractivity contribution is 5.92. The van der Waals surface area contributed by atoms with Gasteiger partial charge < -0.3 is 19.1 Å². The third kappa shape index (κ3) is 3.54. The van der Waals surface area contributed by atoms with Crippen LogP contribution in [0.3, 0.4) is 0 Å². The lowest BCUT2D eigenvalue weighted by molar-refractivity contribution is -0.133. The number of rotatable bonds is 5. The molecule has 7 rings (SSSR count). The third-order valence-electron chi connectivity index (χ3n) is 6.40. The second-order valence-corrected chi connectivity index (χ2v) is 8.67. The lowest BCUT2D eigenvalue weighted by atomic mass is 9.98. The van der Waals surface area contributed by atoms with Gasteiger partial charge in [0.2, 0.25) is 0 Å². The second-order valence-electron chi connectivity index (χ2n) is 8.67. The molecule has 3 saturated heterocycles. The van der Waals surface area contributed by atoms with Gasteiger partial charge in [0.25, 0.3) is 0 Å². The van der Waals surface area contributed by atoms with E-state index in [1.807, 2.05) is 13.2 Å². The summed E-state index contributed by atoms with van der Waals surface area (Å²) in [6.07, 6.45) is 6.31. The molecule has 0 aliphatic carbocycles. The Hall–Kier alpha value is -3.86. The summed E-state index contributed by atoms with van der Waals surface area (Å²) in [7, 11) is 4.44. The number of aryl methyl sites for hydroxylation is 1. The van der Waals surface area contributed by atoms with E-state index in [9.17, 15) is 0 Å². The zero-order valence-electron chi connectivity index (χ0n) is 19.3. The average Bonchev–Trinajstić information content (AvgIpc) is 3.29. The monoisotopic (exact) mass is 480 g/mol. The number of ether oxygens (including phenoxy) is 3. The molecule has 180 valence electrons. The first kappa shape index (κ1) is 21.7. The van der Waals surface area contributed by atoms with Crippen LogP contribution in [0.15, 0.2) is 30.7 Å². The molecule has 3 aliphatic rings. The van der Waals surface area contributed by atoms with Crippen LogP contribution in [0, 0.1) is 11.6 Å². The Bertz CT molecular complexity index is 1410. The number of hydrogen-bond acceptors (Lipinski definition) is 8. The topological polar surface area (TPSA) is 87.4 Å². The first-order valence-corrected chi connectivity index (χ1v) is 11.1. The number of methoxy groups -OCH3 is 2. The number of piperidine rings is 1. The summed E-state index contributed by atoms with van der Waals surface area (Å²) < 4.78 is 48.3. The lowest BCUT2D eigenvalue weighted by Gasteiger charge is -2.47. The fourth-order valence-corrected chi connectivity index (χ4v) is 4.69. The van der Waals surface area contributed by atoms with Gasteiger partial charge in [0.05, 0.1) is 49.4 Å². The number of anilines is 1. The Labute approximate surface area is 199 Å². The van der Waals surface area contributed by atoms with Crippen LogP contribution in [-0.2, 0) is 11.8 Å². The molecule has 0 saturated carbocycles. The number of morpholine rings is 1. The summed E-state index contributed by atoms with van der Waals surface area (Å²) in [4.78, 5) is 16.0. The minimum Gasteiger partial charge on any atom is -0.494 e. The Kier molecular flexibility index (Phi) is 5.03. The van der Waals surface area contributed by atoms with Crippen LogP contribution in [-0.4, -0.2) is 64.2 Å². The summed E-state index contributed by atoms with van der Waals surface area (Å²) in [6, 6.07) is 2.75. The summed E-state index contributed by atoms with van der Waals surface area (Å²) >= 11 is 0. The Balaban J connectivity index is 1.57. The quantitative estimate of drug-likeness (QED) is 0.430. The number of pyridine rings is 1. The van der Waals surface area contributed by atoms with Crippen molar-refractivity contribution in [2.45, 2.75) is 18.6 Å². The summed E-state index contributed by atoms with van der Waals surface area (Å²) in [5.41, 5.74) is 1.10. The SMILES string of the molecule is COc1cc(OC)c(F)c(-c2cc3cnc(-c4cnn(C)c4)nc3c(N3CC4CC(C3)O4)n2)c1F. The van der Waals surface area contributed by atoms with E-state index in [0.717, 1.165) is 12.0 Å². The first-order chi connectivity index (χ1) is 16.9. The molecule has 11 heteroatoms. The smallest absolute Gasteiger partial charge is 0.177 e. The van der Waals surface area contributed by atoms with E-state index in [0.29, 0.717) is 35.6 Å². The minimum atomic E-state index is -0.860. The lowest BCUT2D eigenvalue weighted by Crippen LogP contribution is -2.57. The van der Waals surface area contributed by atoms with Crippen LogP contribution in [0.2, 0.25) is 0 Å². The van der Waals surface area contributed by atoms with Gasteiger partial charge in [0.1, 0.15) is 5.52 Å². The fraction of sp³-hybridized carbons (Fsp3) is 0.333. The molecule has 6 heterocycles. The Morgan fingerprint density at radius 2 is 1.69 bits per heavy atom. The van der Waals surface area contributed by atoms with E-state index in [2.05, 4.69) is 15.0 Å². The molecule has 0 radical (unpaired) electrons. The van der Waals surface area contributed by atoms with Crippen molar-refractivity contribution in [3.8, 4) is 34.1 Å². The van der Waals surface area contributed by atoms with Gasteiger partial charge >= 0.3 is 0 Å². The maximum absolute atomic E-state index is 15.3. The Morgan fingerprint density at radius 1 is 1.00 bits per heavy atom. The number of hydrogen-bond donors (Lipinski definition) is 0. The molecule has 3 fully saturated rings. The Morgan fingerprint density at radius 3 is 2.29 bits per heavy atom. The molecular formula is C24H22F2N6O3. The van der Waals surface area contributed by atoms with Gasteiger partial charge in [-0.15, -0.1) is 0 Å². The van der Waals surface area contributed by atoms with Crippen molar-refractivity contribution in [1.29, 1.82) is 0 Å². The fourth-order valence-electron chi connectivity index (χ4n) is 4.69. The van der Waals surface area contributed by atoms with Gasteiger partial charge in [-0.1, -0.05) is 0 Å². The number of aromatic nitrogens is 5. The van der Waals surface area contributed by atoms with Crippen molar-refractivity contribution in [3.63, 3.8) is 0 Å². The summed E-state index contributed by atoms with van der Waals surface area (Å²) in [5, 5.41) is 4.79. The van der Waals surface area contributed by atoms with Crippen LogP contribution >= 0.6 is 0 Å². The molecule has 2 atom stereocenters. The molecule has 9 nitrogen and oxygen atoms in total. The molecule has 1 aromatic carbocycles. The molecule has 2 unspecified atom stereocenters. The van der Waals surface area contributed by atoms with Crippen molar-refractivity contribution in [2.75, 3.05) is 32.2 Å². The number of fused-ring (bicyclic) bond motifs is 3. The van der Waals surface area contributed by atoms with Crippen LogP contribution in [0.5, 0.6) is 11.5 Å². The number of benzene rings is 1. The molecule has 0 spiro atoms. The van der Waals surface area contributed by atoms with E-state index in [4.69, 9.17) is 24.2 Å². The van der Waals surface area contributed by atoms with Crippen molar-refractivity contribution in [1.82, 2.24) is 24.7 Å². The van der Waals surface area contributed by atoms with Crippen LogP contribution in [0.25, 0.3) is 33.5 Å². The van der Waals surface area contributed by atoms with E-state index >= 15 is 8.78 Å². The highest BCUT2D eigenvalue weighted by atomic mass is 19.1. The highest BCUT2D eigenvalue weighted by Gasteiger charge is 2.39. The molecule has 3 aromatic heterocycles. The molecule has 0 amide bonds. The predicted octanol–water partition coefficient (Wildman–Crippen LogP) is 3.37. The molecule has 2 bridgehead atoms. The highest BCUT2D eigenvalue weighted by Crippen LogP contribution is 2.40. The van der Waals surface area contributed by atoms with Crippen LogP contribution in [0.4, 0.5) is 14.6 Å². The molecule has 35 heavy (non-hydrogen) atoms. The van der Waals surface area contributed by atoms with E-state index in [1.54, 1.807) is 23.1 Å². The minimum absolute atomic E-state index is 0.0950. The van der Waals surface area contributed by atoms with Gasteiger partial charge in [-0.05, 0) is 6.07 Å². The van der Waals surface area contributed by atoms with E-state index < -0.39 is 11.6 Å². The molecular weight excluding hydrogens is 458 g/mol. The third-order valence-corrected chi connectivity index (χ3v) is 6.40. The van der Waals surface area contributed by atoms with Crippen molar-refractivity contribution < 1.29 is 23.0 Å². The summed E-state index contributed by atoms with van der Waals surface area (Å²) in [5.74, 6) is -0.999. The van der Waals surface area contributed by atoms with Crippen LogP contribution in [0.1, 0.15) is 6.42 Å². The van der Waals surface area contributed by atoms with Gasteiger partial charge in [-0.25, -0.2) is 23.7 Å². The van der Waals surface area contributed by atoms with Crippen molar-refractivity contribution in [2.24, 2.45) is 7.05 Å². The van der Waals surface area contributed by atoms with E-state index in [1.165, 1.54) is 20.3 Å². The summed E-state index contributed by atoms with van der Waals surface area (Å²) in [6.45, 7) is 1.22. The maximum Gasteiger partial charge on any atom is 0.177 e. The largest absolute Gasteiger partial charge is 0.494 e. The molecule has 3 aliphatic heterocycles. The second kappa shape index (κ2) is 8.12. The van der Waals surface area contributed by atoms with Gasteiger partial charge in [-0.3, -0.25) is 4.68 Å².